The van der Waals surface area contributed by atoms with Crippen molar-refractivity contribution in [1.29, 1.82) is 0 Å². The first-order valence-electron chi connectivity index (χ1n) is 9.04. The smallest absolute Gasteiger partial charge is 0.270 e. The summed E-state index contributed by atoms with van der Waals surface area (Å²) < 4.78 is 5.32. The summed E-state index contributed by atoms with van der Waals surface area (Å²) in [6.45, 7) is 0. The summed E-state index contributed by atoms with van der Waals surface area (Å²) in [7, 11) is 1.45. The average Bonchev–Trinajstić information content (AvgIpc) is 2.75. The topological polar surface area (TPSA) is 111 Å². The molecule has 0 radical (unpaired) electrons. The minimum absolute atomic E-state index is 0.156. The van der Waals surface area contributed by atoms with Gasteiger partial charge in [0.1, 0.15) is 5.75 Å². The maximum absolute atomic E-state index is 12.4. The Balaban J connectivity index is 1.70. The van der Waals surface area contributed by atoms with Crippen LogP contribution in [-0.4, -0.2) is 23.8 Å². The second-order valence-electron chi connectivity index (χ2n) is 6.39. The molecule has 0 saturated heterocycles. The van der Waals surface area contributed by atoms with E-state index in [1.807, 2.05) is 30.3 Å². The molecule has 0 aliphatic rings. The molecule has 2 amide bonds. The summed E-state index contributed by atoms with van der Waals surface area (Å²) in [5.74, 6) is -0.331. The lowest BCUT2D eigenvalue weighted by atomic mass is 10.1. The number of nitrogens with zero attached hydrogens (tertiary/aromatic N) is 1. The highest BCUT2D eigenvalue weighted by molar-refractivity contribution is 6.05. The molecular formula is C22H19N3O5. The number of nitro groups is 1. The van der Waals surface area contributed by atoms with Crippen molar-refractivity contribution in [2.45, 2.75) is 6.42 Å². The van der Waals surface area contributed by atoms with Crippen molar-refractivity contribution < 1.29 is 19.2 Å². The van der Waals surface area contributed by atoms with Crippen molar-refractivity contribution in [3.63, 3.8) is 0 Å². The van der Waals surface area contributed by atoms with Crippen LogP contribution in [0.2, 0.25) is 0 Å². The fraction of sp³-hybridized carbons (Fsp3) is 0.0909. The van der Waals surface area contributed by atoms with E-state index < -0.39 is 10.8 Å². The van der Waals surface area contributed by atoms with Gasteiger partial charge < -0.3 is 15.4 Å². The zero-order chi connectivity index (χ0) is 21.5. The number of nitro benzene ring substituents is 1. The molecule has 0 bridgehead atoms. The van der Waals surface area contributed by atoms with Crippen molar-refractivity contribution in [3.05, 3.63) is 94.0 Å². The van der Waals surface area contributed by atoms with Gasteiger partial charge in [-0.25, -0.2) is 0 Å². The summed E-state index contributed by atoms with van der Waals surface area (Å²) in [6, 6.07) is 19.6. The number of non-ortho nitro benzene ring substituents is 1. The van der Waals surface area contributed by atoms with Crippen LogP contribution in [0.3, 0.4) is 0 Å². The van der Waals surface area contributed by atoms with Crippen molar-refractivity contribution >= 4 is 28.9 Å². The van der Waals surface area contributed by atoms with Crippen LogP contribution in [0.5, 0.6) is 5.75 Å². The largest absolute Gasteiger partial charge is 0.494 e. The number of hydrogen-bond donors (Lipinski definition) is 2. The van der Waals surface area contributed by atoms with Crippen molar-refractivity contribution in [1.82, 2.24) is 0 Å². The van der Waals surface area contributed by atoms with Crippen LogP contribution in [0, 0.1) is 10.1 Å². The SMILES string of the molecule is COc1cc(NC(=O)c2cccc([N+](=O)[O-])c2)ccc1NC(=O)Cc1ccccc1. The van der Waals surface area contributed by atoms with Gasteiger partial charge in [-0.05, 0) is 23.8 Å². The first kappa shape index (κ1) is 20.5. The molecule has 2 N–H and O–H groups in total. The Hall–Kier alpha value is -4.20. The normalized spacial score (nSPS) is 10.2. The second kappa shape index (κ2) is 9.33. The molecule has 3 rings (SSSR count). The molecule has 152 valence electrons. The quantitative estimate of drug-likeness (QED) is 0.455. The zero-order valence-electron chi connectivity index (χ0n) is 16.1. The number of anilines is 2. The molecule has 0 spiro atoms. The molecule has 0 heterocycles. The summed E-state index contributed by atoms with van der Waals surface area (Å²) in [6.07, 6.45) is 0.218. The van der Waals surface area contributed by atoms with E-state index in [1.54, 1.807) is 18.2 Å². The Kier molecular flexibility index (Phi) is 6.39. The fourth-order valence-electron chi connectivity index (χ4n) is 2.81. The van der Waals surface area contributed by atoms with Crippen molar-refractivity contribution in [2.75, 3.05) is 17.7 Å². The highest BCUT2D eigenvalue weighted by Crippen LogP contribution is 2.28. The maximum atomic E-state index is 12.4. The molecular weight excluding hydrogens is 386 g/mol. The molecule has 3 aromatic rings. The van der Waals surface area contributed by atoms with Crippen LogP contribution < -0.4 is 15.4 Å². The third-order valence-corrected chi connectivity index (χ3v) is 4.26. The lowest BCUT2D eigenvalue weighted by Gasteiger charge is -2.13. The van der Waals surface area contributed by atoms with E-state index in [-0.39, 0.29) is 23.6 Å². The Morgan fingerprint density at radius 2 is 1.73 bits per heavy atom. The number of nitrogens with one attached hydrogen (secondary N) is 2. The van der Waals surface area contributed by atoms with Gasteiger partial charge in [0.25, 0.3) is 11.6 Å². The second-order valence-corrected chi connectivity index (χ2v) is 6.39. The van der Waals surface area contributed by atoms with Gasteiger partial charge in [-0.1, -0.05) is 36.4 Å². The monoisotopic (exact) mass is 405 g/mol. The lowest BCUT2D eigenvalue weighted by Crippen LogP contribution is -2.15. The lowest BCUT2D eigenvalue weighted by molar-refractivity contribution is -0.384. The zero-order valence-corrected chi connectivity index (χ0v) is 16.1. The standard InChI is InChI=1S/C22H19N3O5/c1-30-20-14-17(23-22(27)16-8-5-9-18(13-16)25(28)29)10-11-19(20)24-21(26)12-15-6-3-2-4-7-15/h2-11,13-14H,12H2,1H3,(H,23,27)(H,24,26). The number of hydrogen-bond acceptors (Lipinski definition) is 5. The van der Waals surface area contributed by atoms with Gasteiger partial charge in [-0.3, -0.25) is 19.7 Å². The minimum Gasteiger partial charge on any atom is -0.494 e. The number of carbonyl (C=O) groups is 2. The predicted molar refractivity (Wildman–Crippen MR) is 113 cm³/mol. The molecule has 0 aromatic heterocycles. The highest BCUT2D eigenvalue weighted by atomic mass is 16.6. The molecule has 0 aliphatic heterocycles. The van der Waals surface area contributed by atoms with E-state index in [1.165, 1.54) is 31.4 Å². The van der Waals surface area contributed by atoms with E-state index in [9.17, 15) is 19.7 Å². The number of benzene rings is 3. The molecule has 8 heteroatoms. The molecule has 0 saturated carbocycles. The van der Waals surface area contributed by atoms with Gasteiger partial charge >= 0.3 is 0 Å². The van der Waals surface area contributed by atoms with E-state index in [0.29, 0.717) is 17.1 Å². The van der Waals surface area contributed by atoms with Crippen LogP contribution in [0.25, 0.3) is 0 Å². The molecule has 0 atom stereocenters. The summed E-state index contributed by atoms with van der Waals surface area (Å²) in [4.78, 5) is 35.0. The van der Waals surface area contributed by atoms with E-state index in [0.717, 1.165) is 5.56 Å². The number of amides is 2. The van der Waals surface area contributed by atoms with Gasteiger partial charge in [0.2, 0.25) is 5.91 Å². The van der Waals surface area contributed by atoms with Gasteiger partial charge in [0, 0.05) is 29.4 Å². The number of ether oxygens (including phenoxy) is 1. The number of carbonyl (C=O) groups excluding carboxylic acids is 2. The van der Waals surface area contributed by atoms with Gasteiger partial charge in [-0.2, -0.15) is 0 Å². The number of methoxy groups -OCH3 is 1. The predicted octanol–water partition coefficient (Wildman–Crippen LogP) is 4.04. The van der Waals surface area contributed by atoms with Gasteiger partial charge in [0.05, 0.1) is 24.1 Å². The molecule has 8 nitrogen and oxygen atoms in total. The molecule has 0 unspecified atom stereocenters. The van der Waals surface area contributed by atoms with Crippen LogP contribution in [0.1, 0.15) is 15.9 Å². The Morgan fingerprint density at radius 3 is 2.43 bits per heavy atom. The van der Waals surface area contributed by atoms with Crippen LogP contribution in [0.15, 0.2) is 72.8 Å². The van der Waals surface area contributed by atoms with E-state index in [4.69, 9.17) is 4.74 Å². The van der Waals surface area contributed by atoms with Crippen LogP contribution in [-0.2, 0) is 11.2 Å². The Labute approximate surface area is 172 Å². The minimum atomic E-state index is -0.563. The third-order valence-electron chi connectivity index (χ3n) is 4.26. The van der Waals surface area contributed by atoms with Crippen molar-refractivity contribution in [2.24, 2.45) is 0 Å². The third kappa shape index (κ3) is 5.20. The van der Waals surface area contributed by atoms with Gasteiger partial charge in [-0.15, -0.1) is 0 Å². The van der Waals surface area contributed by atoms with Gasteiger partial charge in [0.15, 0.2) is 0 Å². The number of rotatable bonds is 7. The van der Waals surface area contributed by atoms with Crippen molar-refractivity contribution in [3.8, 4) is 5.75 Å². The van der Waals surface area contributed by atoms with E-state index in [2.05, 4.69) is 10.6 Å². The molecule has 0 fully saturated rings. The summed E-state index contributed by atoms with van der Waals surface area (Å²) in [5.41, 5.74) is 1.76. The highest BCUT2D eigenvalue weighted by Gasteiger charge is 2.14. The molecule has 3 aromatic carbocycles. The Bertz CT molecular complexity index is 1080. The maximum Gasteiger partial charge on any atom is 0.270 e. The molecule has 30 heavy (non-hydrogen) atoms. The van der Waals surface area contributed by atoms with Crippen LogP contribution in [0.4, 0.5) is 17.1 Å². The Morgan fingerprint density at radius 1 is 0.967 bits per heavy atom. The summed E-state index contributed by atoms with van der Waals surface area (Å²) in [5, 5.41) is 16.3. The molecule has 0 aliphatic carbocycles. The first-order chi connectivity index (χ1) is 14.5. The fourth-order valence-corrected chi connectivity index (χ4v) is 2.81. The average molecular weight is 405 g/mol. The van der Waals surface area contributed by atoms with Crippen LogP contribution >= 0.6 is 0 Å². The van der Waals surface area contributed by atoms with E-state index >= 15 is 0 Å². The first-order valence-corrected chi connectivity index (χ1v) is 9.04. The summed E-state index contributed by atoms with van der Waals surface area (Å²) >= 11 is 0.